The zero-order valence-corrected chi connectivity index (χ0v) is 22.9. The second kappa shape index (κ2) is 11.7. The Morgan fingerprint density at radius 1 is 0.897 bits per heavy atom. The van der Waals surface area contributed by atoms with E-state index in [9.17, 15) is 32.3 Å². The Hall–Kier alpha value is -3.49. The average Bonchev–Trinajstić information content (AvgIpc) is 2.90. The summed E-state index contributed by atoms with van der Waals surface area (Å²) in [6.07, 6.45) is 2.16. The molecule has 1 atom stereocenters. The quantitative estimate of drug-likeness (QED) is 0.263. The summed E-state index contributed by atoms with van der Waals surface area (Å²) < 4.78 is 49.5. The van der Waals surface area contributed by atoms with Gasteiger partial charge < -0.3 is 14.9 Å². The lowest BCUT2D eigenvalue weighted by molar-refractivity contribution is 0.387. The van der Waals surface area contributed by atoms with Gasteiger partial charge in [-0.2, -0.15) is 0 Å². The van der Waals surface area contributed by atoms with E-state index in [1.54, 1.807) is 54.6 Å². The summed E-state index contributed by atoms with van der Waals surface area (Å²) in [6, 6.07) is 25.7. The number of phenols is 1. The van der Waals surface area contributed by atoms with Gasteiger partial charge in [0.1, 0.15) is 11.6 Å². The monoisotopic (exact) mass is 569 g/mol. The van der Waals surface area contributed by atoms with Gasteiger partial charge in [-0.1, -0.05) is 67.9 Å². The maximum atomic E-state index is 12.3. The lowest BCUT2D eigenvalue weighted by Crippen LogP contribution is -2.50. The van der Waals surface area contributed by atoms with Crippen molar-refractivity contribution in [3.8, 4) is 16.9 Å². The van der Waals surface area contributed by atoms with Gasteiger partial charge in [-0.15, -0.1) is 0 Å². The Morgan fingerprint density at radius 2 is 1.51 bits per heavy atom. The molecule has 204 valence electrons. The van der Waals surface area contributed by atoms with Crippen molar-refractivity contribution in [3.63, 3.8) is 0 Å². The number of nitrogens with zero attached hydrogens (tertiary/aromatic N) is 1. The first kappa shape index (κ1) is 28.5. The Balaban J connectivity index is 0.000000298. The molecular weight excluding hydrogens is 540 g/mol. The molecule has 1 aliphatic heterocycles. The Labute approximate surface area is 227 Å². The summed E-state index contributed by atoms with van der Waals surface area (Å²) in [6.45, 7) is 2.11. The summed E-state index contributed by atoms with van der Waals surface area (Å²) >= 11 is 0. The minimum atomic E-state index is -4.32. The molecular formula is C29H29FNO6PS. The lowest BCUT2D eigenvalue weighted by Gasteiger charge is -2.41. The second-order valence-corrected chi connectivity index (χ2v) is 12.7. The molecule has 0 radical (unpaired) electrons. The standard InChI is InChI=1S/C20H18NO6PS.C9H11F/c22-20-12-15(14-6-9-17(10-7-14)28(23,24)25)8-11-18(20)19-13-29(26,27)21(19)16-4-2-1-3-5-16;1-2-3-8-4-6-9(10)7-5-8/h1-12,19,22H,13H2,(H2,23,24,25);4-7H,2-3H2,1H3. The molecule has 7 nitrogen and oxygen atoms in total. The highest BCUT2D eigenvalue weighted by atomic mass is 32.2. The Bertz CT molecular complexity index is 1570. The van der Waals surface area contributed by atoms with E-state index >= 15 is 0 Å². The van der Waals surface area contributed by atoms with Gasteiger partial charge in [0.25, 0.3) is 0 Å². The fraction of sp³-hybridized carbons (Fsp3) is 0.172. The normalized spacial score (nSPS) is 16.1. The number of para-hydroxylation sites is 1. The third-order valence-corrected chi connectivity index (χ3v) is 9.11. The van der Waals surface area contributed by atoms with E-state index in [4.69, 9.17) is 0 Å². The number of aryl methyl sites for hydroxylation is 1. The highest BCUT2D eigenvalue weighted by molar-refractivity contribution is 7.94. The zero-order chi connectivity index (χ0) is 28.2. The second-order valence-electron chi connectivity index (χ2n) is 9.17. The van der Waals surface area contributed by atoms with Crippen LogP contribution in [0.2, 0.25) is 0 Å². The van der Waals surface area contributed by atoms with Crippen molar-refractivity contribution in [2.75, 3.05) is 10.1 Å². The van der Waals surface area contributed by atoms with Crippen LogP contribution in [-0.4, -0.2) is 29.1 Å². The van der Waals surface area contributed by atoms with E-state index in [2.05, 4.69) is 6.92 Å². The number of benzene rings is 4. The van der Waals surface area contributed by atoms with Crippen LogP contribution in [-0.2, 0) is 21.0 Å². The van der Waals surface area contributed by atoms with Crippen LogP contribution in [0.1, 0.15) is 30.5 Å². The van der Waals surface area contributed by atoms with Crippen LogP contribution < -0.4 is 9.61 Å². The number of phenolic OH excluding ortho intramolecular Hbond substituents is 1. The SMILES string of the molecule is CCCc1ccc(F)cc1.O=P(O)(O)c1ccc(-c2ccc(C3CS(=O)(=O)N3c3ccccc3)c(O)c2)cc1. The van der Waals surface area contributed by atoms with Crippen molar-refractivity contribution in [3.05, 3.63) is 114 Å². The molecule has 1 unspecified atom stereocenters. The predicted octanol–water partition coefficient (Wildman–Crippen LogP) is 5.53. The lowest BCUT2D eigenvalue weighted by atomic mass is 9.99. The van der Waals surface area contributed by atoms with E-state index in [-0.39, 0.29) is 22.6 Å². The van der Waals surface area contributed by atoms with Crippen LogP contribution >= 0.6 is 7.60 Å². The zero-order valence-electron chi connectivity index (χ0n) is 21.2. The smallest absolute Gasteiger partial charge is 0.356 e. The van der Waals surface area contributed by atoms with Gasteiger partial charge in [0.2, 0.25) is 10.0 Å². The summed E-state index contributed by atoms with van der Waals surface area (Å²) in [7, 11) is -7.74. The topological polar surface area (TPSA) is 115 Å². The number of hydrogen-bond donors (Lipinski definition) is 3. The van der Waals surface area contributed by atoms with Crippen molar-refractivity contribution in [1.82, 2.24) is 0 Å². The molecule has 0 bridgehead atoms. The van der Waals surface area contributed by atoms with Gasteiger partial charge in [-0.3, -0.25) is 8.87 Å². The van der Waals surface area contributed by atoms with Crippen LogP contribution in [0.4, 0.5) is 10.1 Å². The van der Waals surface area contributed by atoms with E-state index in [0.717, 1.165) is 12.8 Å². The van der Waals surface area contributed by atoms with Crippen molar-refractivity contribution in [1.29, 1.82) is 0 Å². The fourth-order valence-corrected chi connectivity index (χ4v) is 6.57. The molecule has 5 rings (SSSR count). The number of rotatable bonds is 6. The van der Waals surface area contributed by atoms with E-state index in [0.29, 0.717) is 22.4 Å². The molecule has 4 aromatic rings. The highest BCUT2D eigenvalue weighted by Gasteiger charge is 2.45. The van der Waals surface area contributed by atoms with Crippen molar-refractivity contribution in [2.24, 2.45) is 0 Å². The summed E-state index contributed by atoms with van der Waals surface area (Å²) in [5.41, 5.74) is 3.57. The number of sulfonamides is 1. The summed E-state index contributed by atoms with van der Waals surface area (Å²) in [5, 5.41) is 10.5. The van der Waals surface area contributed by atoms with Crippen molar-refractivity contribution in [2.45, 2.75) is 25.8 Å². The summed E-state index contributed by atoms with van der Waals surface area (Å²) in [4.78, 5) is 18.4. The molecule has 0 aromatic heterocycles. The van der Waals surface area contributed by atoms with Gasteiger partial charge in [-0.25, -0.2) is 12.8 Å². The van der Waals surface area contributed by atoms with Crippen LogP contribution in [0.15, 0.2) is 97.1 Å². The molecule has 4 aromatic carbocycles. The largest absolute Gasteiger partial charge is 0.508 e. The number of hydrogen-bond acceptors (Lipinski definition) is 4. The van der Waals surface area contributed by atoms with Gasteiger partial charge in [0.05, 0.1) is 22.8 Å². The Morgan fingerprint density at radius 3 is 2.05 bits per heavy atom. The molecule has 3 N–H and O–H groups in total. The molecule has 1 heterocycles. The molecule has 1 saturated heterocycles. The van der Waals surface area contributed by atoms with Crippen LogP contribution in [0.5, 0.6) is 5.75 Å². The minimum Gasteiger partial charge on any atom is -0.508 e. The van der Waals surface area contributed by atoms with Crippen LogP contribution in [0, 0.1) is 5.82 Å². The summed E-state index contributed by atoms with van der Waals surface area (Å²) in [5.74, 6) is -0.284. The van der Waals surface area contributed by atoms with E-state index < -0.39 is 23.7 Å². The predicted molar refractivity (Wildman–Crippen MR) is 151 cm³/mol. The van der Waals surface area contributed by atoms with Gasteiger partial charge >= 0.3 is 7.60 Å². The molecule has 1 aliphatic rings. The average molecular weight is 570 g/mol. The third kappa shape index (κ3) is 6.75. The third-order valence-electron chi connectivity index (χ3n) is 6.34. The van der Waals surface area contributed by atoms with E-state index in [1.807, 2.05) is 12.1 Å². The molecule has 10 heteroatoms. The molecule has 0 aliphatic carbocycles. The number of aromatic hydroxyl groups is 1. The van der Waals surface area contributed by atoms with Gasteiger partial charge in [-0.05, 0) is 65.6 Å². The van der Waals surface area contributed by atoms with Crippen LogP contribution in [0.3, 0.4) is 0 Å². The van der Waals surface area contributed by atoms with Gasteiger partial charge in [0, 0.05) is 5.56 Å². The minimum absolute atomic E-state index is 0.0394. The highest BCUT2D eigenvalue weighted by Crippen LogP contribution is 2.43. The van der Waals surface area contributed by atoms with Crippen molar-refractivity contribution >= 4 is 28.6 Å². The van der Waals surface area contributed by atoms with E-state index in [1.165, 1.54) is 40.2 Å². The maximum Gasteiger partial charge on any atom is 0.356 e. The first-order valence-electron chi connectivity index (χ1n) is 12.3. The molecule has 0 amide bonds. The molecule has 0 spiro atoms. The van der Waals surface area contributed by atoms with Crippen LogP contribution in [0.25, 0.3) is 11.1 Å². The maximum absolute atomic E-state index is 12.3. The number of anilines is 1. The molecule has 1 fully saturated rings. The Kier molecular flexibility index (Phi) is 8.57. The van der Waals surface area contributed by atoms with Crippen molar-refractivity contribution < 1.29 is 32.3 Å². The fourth-order valence-electron chi connectivity index (χ4n) is 4.38. The molecule has 39 heavy (non-hydrogen) atoms. The first-order chi connectivity index (χ1) is 18.5. The number of halogens is 1. The molecule has 0 saturated carbocycles. The van der Waals surface area contributed by atoms with Gasteiger partial charge in [0.15, 0.2) is 0 Å². The first-order valence-corrected chi connectivity index (χ1v) is 15.5.